The van der Waals surface area contributed by atoms with Crippen molar-refractivity contribution in [3.8, 4) is 0 Å². The number of benzene rings is 2. The van der Waals surface area contributed by atoms with E-state index in [1.54, 1.807) is 6.07 Å². The fraction of sp³-hybridized carbons (Fsp3) is 0.158. The second kappa shape index (κ2) is 9.12. The number of nitro groups is 1. The molecule has 1 amide bonds. The van der Waals surface area contributed by atoms with Crippen LogP contribution in [0, 0.1) is 10.1 Å². The van der Waals surface area contributed by atoms with Gasteiger partial charge in [-0.25, -0.2) is 4.79 Å². The summed E-state index contributed by atoms with van der Waals surface area (Å²) in [7, 11) is 0. The van der Waals surface area contributed by atoms with Gasteiger partial charge in [-0.05, 0) is 24.6 Å². The minimum Gasteiger partial charge on any atom is -0.449 e. The molecule has 0 fully saturated rings. The summed E-state index contributed by atoms with van der Waals surface area (Å²) >= 11 is 0. The topological polar surface area (TPSA) is 98.5 Å². The van der Waals surface area contributed by atoms with Crippen molar-refractivity contribution in [2.24, 2.45) is 0 Å². The predicted molar refractivity (Wildman–Crippen MR) is 96.0 cm³/mol. The number of nitrogens with zero attached hydrogens (tertiary/aromatic N) is 1. The molecule has 0 saturated carbocycles. The number of para-hydroxylation sites is 1. The first-order chi connectivity index (χ1) is 12.5. The van der Waals surface area contributed by atoms with Crippen molar-refractivity contribution >= 4 is 23.6 Å². The largest absolute Gasteiger partial charge is 0.449 e. The summed E-state index contributed by atoms with van der Waals surface area (Å²) in [6, 6.07) is 15.3. The predicted octanol–water partition coefficient (Wildman–Crippen LogP) is 2.86. The number of hydrogen-bond donors (Lipinski definition) is 1. The normalized spacial score (nSPS) is 11.7. The molecule has 0 aromatic heterocycles. The Balaban J connectivity index is 1.88. The Morgan fingerprint density at radius 2 is 1.81 bits per heavy atom. The SMILES string of the molecule is C[C@@H](OC(=O)/C=C/c1ccccc1[N+](=O)[O-])C(=O)NCc1ccccc1. The number of amides is 1. The van der Waals surface area contributed by atoms with Gasteiger partial charge >= 0.3 is 5.97 Å². The van der Waals surface area contributed by atoms with Crippen LogP contribution in [0.3, 0.4) is 0 Å². The van der Waals surface area contributed by atoms with Crippen molar-refractivity contribution < 1.29 is 19.2 Å². The third-order valence-corrected chi connectivity index (χ3v) is 3.50. The summed E-state index contributed by atoms with van der Waals surface area (Å²) in [5.41, 5.74) is 1.08. The van der Waals surface area contributed by atoms with E-state index in [0.717, 1.165) is 11.6 Å². The molecule has 0 heterocycles. The zero-order valence-corrected chi connectivity index (χ0v) is 14.1. The number of nitrogens with one attached hydrogen (secondary N) is 1. The second-order valence-electron chi connectivity index (χ2n) is 5.43. The Morgan fingerprint density at radius 3 is 2.50 bits per heavy atom. The van der Waals surface area contributed by atoms with E-state index in [9.17, 15) is 19.7 Å². The third-order valence-electron chi connectivity index (χ3n) is 3.50. The number of rotatable bonds is 7. The van der Waals surface area contributed by atoms with Crippen molar-refractivity contribution in [3.05, 3.63) is 81.9 Å². The Kier molecular flexibility index (Phi) is 6.61. The number of carbonyl (C=O) groups is 2. The van der Waals surface area contributed by atoms with Crippen molar-refractivity contribution in [1.82, 2.24) is 5.32 Å². The van der Waals surface area contributed by atoms with Gasteiger partial charge in [0.2, 0.25) is 0 Å². The molecule has 1 N–H and O–H groups in total. The van der Waals surface area contributed by atoms with Crippen LogP contribution in [-0.2, 0) is 20.9 Å². The minimum atomic E-state index is -0.985. The fourth-order valence-corrected chi connectivity index (χ4v) is 2.15. The fourth-order valence-electron chi connectivity index (χ4n) is 2.15. The number of hydrogen-bond acceptors (Lipinski definition) is 5. The zero-order chi connectivity index (χ0) is 18.9. The van der Waals surface area contributed by atoms with Gasteiger partial charge in [0.1, 0.15) is 0 Å². The van der Waals surface area contributed by atoms with Crippen LogP contribution in [0.5, 0.6) is 0 Å². The molecule has 2 aromatic rings. The number of ether oxygens (including phenoxy) is 1. The highest BCUT2D eigenvalue weighted by Gasteiger charge is 2.16. The average Bonchev–Trinajstić information content (AvgIpc) is 2.65. The third kappa shape index (κ3) is 5.55. The Labute approximate surface area is 150 Å². The van der Waals surface area contributed by atoms with E-state index in [1.807, 2.05) is 30.3 Å². The van der Waals surface area contributed by atoms with Gasteiger partial charge in [0.25, 0.3) is 11.6 Å². The summed E-state index contributed by atoms with van der Waals surface area (Å²) in [6.07, 6.45) is 1.36. The smallest absolute Gasteiger partial charge is 0.331 e. The summed E-state index contributed by atoms with van der Waals surface area (Å²) < 4.78 is 5.02. The van der Waals surface area contributed by atoms with E-state index < -0.39 is 22.9 Å². The molecule has 2 rings (SSSR count). The maximum Gasteiger partial charge on any atom is 0.331 e. The minimum absolute atomic E-state index is 0.120. The lowest BCUT2D eigenvalue weighted by atomic mass is 10.1. The molecule has 134 valence electrons. The number of nitro benzene ring substituents is 1. The number of esters is 1. The molecule has 1 atom stereocenters. The zero-order valence-electron chi connectivity index (χ0n) is 14.1. The summed E-state index contributed by atoms with van der Waals surface area (Å²) in [6.45, 7) is 1.78. The highest BCUT2D eigenvalue weighted by molar-refractivity contribution is 5.90. The van der Waals surface area contributed by atoms with Gasteiger partial charge in [-0.1, -0.05) is 42.5 Å². The molecule has 0 unspecified atom stereocenters. The van der Waals surface area contributed by atoms with Crippen LogP contribution in [-0.4, -0.2) is 22.9 Å². The molecule has 0 radical (unpaired) electrons. The first-order valence-electron chi connectivity index (χ1n) is 7.91. The molecule has 0 bridgehead atoms. The van der Waals surface area contributed by atoms with Gasteiger partial charge in [0.05, 0.1) is 10.5 Å². The lowest BCUT2D eigenvalue weighted by Crippen LogP contribution is -2.35. The Hall–Kier alpha value is -3.48. The highest BCUT2D eigenvalue weighted by atomic mass is 16.6. The van der Waals surface area contributed by atoms with E-state index in [4.69, 9.17) is 4.74 Å². The molecule has 2 aromatic carbocycles. The van der Waals surface area contributed by atoms with E-state index in [-0.39, 0.29) is 11.3 Å². The van der Waals surface area contributed by atoms with Gasteiger partial charge in [-0.2, -0.15) is 0 Å². The maximum atomic E-state index is 12.0. The molecule has 0 aliphatic carbocycles. The molecule has 0 aliphatic rings. The molecule has 0 spiro atoms. The number of carbonyl (C=O) groups excluding carboxylic acids is 2. The van der Waals surface area contributed by atoms with Crippen LogP contribution in [0.4, 0.5) is 5.69 Å². The average molecular weight is 354 g/mol. The van der Waals surface area contributed by atoms with Gasteiger partial charge in [-0.15, -0.1) is 0 Å². The van der Waals surface area contributed by atoms with Gasteiger partial charge < -0.3 is 10.1 Å². The first-order valence-corrected chi connectivity index (χ1v) is 7.91. The lowest BCUT2D eigenvalue weighted by Gasteiger charge is -2.12. The molecule has 26 heavy (non-hydrogen) atoms. The van der Waals surface area contributed by atoms with Crippen molar-refractivity contribution in [2.45, 2.75) is 19.6 Å². The van der Waals surface area contributed by atoms with E-state index in [2.05, 4.69) is 5.32 Å². The molecule has 7 nitrogen and oxygen atoms in total. The summed E-state index contributed by atoms with van der Waals surface area (Å²) in [5, 5.41) is 13.6. The van der Waals surface area contributed by atoms with E-state index in [1.165, 1.54) is 31.2 Å². The van der Waals surface area contributed by atoms with Crippen molar-refractivity contribution in [3.63, 3.8) is 0 Å². The maximum absolute atomic E-state index is 12.0. The second-order valence-corrected chi connectivity index (χ2v) is 5.43. The first kappa shape index (κ1) is 18.9. The monoisotopic (exact) mass is 354 g/mol. The van der Waals surface area contributed by atoms with Crippen LogP contribution in [0.2, 0.25) is 0 Å². The molecular weight excluding hydrogens is 336 g/mol. The standard InChI is InChI=1S/C19H18N2O5/c1-14(19(23)20-13-15-7-3-2-4-8-15)26-18(22)12-11-16-9-5-6-10-17(16)21(24)25/h2-12,14H,13H2,1H3,(H,20,23)/b12-11+/t14-/m1/s1. The Bertz CT molecular complexity index is 818. The Morgan fingerprint density at radius 1 is 1.15 bits per heavy atom. The molecule has 7 heteroatoms. The van der Waals surface area contributed by atoms with Crippen LogP contribution >= 0.6 is 0 Å². The van der Waals surface area contributed by atoms with Gasteiger partial charge in [-0.3, -0.25) is 14.9 Å². The molecule has 0 aliphatic heterocycles. The van der Waals surface area contributed by atoms with Crippen molar-refractivity contribution in [1.29, 1.82) is 0 Å². The highest BCUT2D eigenvalue weighted by Crippen LogP contribution is 2.18. The summed E-state index contributed by atoms with van der Waals surface area (Å²) in [5.74, 6) is -1.19. The quantitative estimate of drug-likeness (QED) is 0.357. The van der Waals surface area contributed by atoms with E-state index >= 15 is 0 Å². The van der Waals surface area contributed by atoms with E-state index in [0.29, 0.717) is 6.54 Å². The van der Waals surface area contributed by atoms with Gasteiger partial charge in [0.15, 0.2) is 6.10 Å². The van der Waals surface area contributed by atoms with Gasteiger partial charge in [0, 0.05) is 18.7 Å². The molecular formula is C19H18N2O5. The van der Waals surface area contributed by atoms with Crippen molar-refractivity contribution in [2.75, 3.05) is 0 Å². The lowest BCUT2D eigenvalue weighted by molar-refractivity contribution is -0.385. The summed E-state index contributed by atoms with van der Waals surface area (Å²) in [4.78, 5) is 34.2. The molecule has 0 saturated heterocycles. The van der Waals surface area contributed by atoms with Crippen LogP contribution < -0.4 is 5.32 Å². The van der Waals surface area contributed by atoms with Crippen LogP contribution in [0.15, 0.2) is 60.7 Å². The van der Waals surface area contributed by atoms with Crippen LogP contribution in [0.25, 0.3) is 6.08 Å². The van der Waals surface area contributed by atoms with Crippen LogP contribution in [0.1, 0.15) is 18.1 Å².